The molecule has 29 heavy (non-hydrogen) atoms. The van der Waals surface area contributed by atoms with Crippen molar-refractivity contribution in [3.63, 3.8) is 0 Å². The number of amides is 1. The largest absolute Gasteiger partial charge is 0.486 e. The number of carbonyl (C=O) groups excluding carboxylic acids is 1. The lowest BCUT2D eigenvalue weighted by molar-refractivity contribution is 0.0932. The number of nitrogens with zero attached hydrogens (tertiary/aromatic N) is 4. The molecule has 7 nitrogen and oxygen atoms in total. The number of fused-ring (bicyclic) bond motifs is 1. The highest BCUT2D eigenvalue weighted by atomic mass is 16.5. The highest BCUT2D eigenvalue weighted by Gasteiger charge is 2.21. The molecule has 0 aliphatic heterocycles. The summed E-state index contributed by atoms with van der Waals surface area (Å²) in [4.78, 5) is 12.7. The Morgan fingerprint density at radius 3 is 2.79 bits per heavy atom. The first-order valence-electron chi connectivity index (χ1n) is 10.00. The number of aromatic nitrogens is 4. The van der Waals surface area contributed by atoms with Gasteiger partial charge in [0.25, 0.3) is 5.91 Å². The predicted octanol–water partition coefficient (Wildman–Crippen LogP) is 3.64. The topological polar surface area (TPSA) is 81.9 Å². The Bertz CT molecular complexity index is 981. The molecule has 0 fully saturated rings. The third-order valence-corrected chi connectivity index (χ3v) is 5.21. The summed E-state index contributed by atoms with van der Waals surface area (Å²) in [7, 11) is 0. The fourth-order valence-electron chi connectivity index (χ4n) is 3.70. The van der Waals surface area contributed by atoms with E-state index in [0.29, 0.717) is 17.1 Å². The van der Waals surface area contributed by atoms with E-state index < -0.39 is 0 Å². The molecule has 1 aliphatic rings. The van der Waals surface area contributed by atoms with Gasteiger partial charge in [-0.25, -0.2) is 4.68 Å². The average Bonchev–Trinajstić information content (AvgIpc) is 3.22. The summed E-state index contributed by atoms with van der Waals surface area (Å²) >= 11 is 0. The molecule has 1 amide bonds. The summed E-state index contributed by atoms with van der Waals surface area (Å²) in [6.45, 7) is 4.30. The Morgan fingerprint density at radius 1 is 1.21 bits per heavy atom. The molecule has 1 heterocycles. The van der Waals surface area contributed by atoms with E-state index >= 15 is 0 Å². The van der Waals surface area contributed by atoms with Crippen molar-refractivity contribution in [2.45, 2.75) is 51.8 Å². The van der Waals surface area contributed by atoms with Gasteiger partial charge in [0.15, 0.2) is 5.82 Å². The van der Waals surface area contributed by atoms with Gasteiger partial charge in [-0.05, 0) is 78.9 Å². The van der Waals surface area contributed by atoms with Crippen molar-refractivity contribution in [1.82, 2.24) is 25.5 Å². The second-order valence-electron chi connectivity index (χ2n) is 7.56. The highest BCUT2D eigenvalue weighted by molar-refractivity contribution is 5.94. The van der Waals surface area contributed by atoms with Crippen LogP contribution in [-0.4, -0.2) is 26.1 Å². The zero-order chi connectivity index (χ0) is 20.2. The maximum absolute atomic E-state index is 12.7. The first-order chi connectivity index (χ1) is 14.1. The normalized spacial score (nSPS) is 15.8. The molecular formula is C22H25N5O2. The quantitative estimate of drug-likeness (QED) is 0.694. The van der Waals surface area contributed by atoms with E-state index in [-0.39, 0.29) is 24.6 Å². The Morgan fingerprint density at radius 2 is 2.00 bits per heavy atom. The van der Waals surface area contributed by atoms with Gasteiger partial charge in [-0.1, -0.05) is 24.3 Å². The average molecular weight is 391 g/mol. The number of benzene rings is 2. The first kappa shape index (κ1) is 19.1. The Balaban J connectivity index is 1.38. The van der Waals surface area contributed by atoms with Crippen LogP contribution in [0.2, 0.25) is 0 Å². The van der Waals surface area contributed by atoms with Crippen LogP contribution in [0.25, 0.3) is 0 Å². The van der Waals surface area contributed by atoms with E-state index in [2.05, 4.69) is 39.0 Å². The van der Waals surface area contributed by atoms with Gasteiger partial charge in [0.05, 0.1) is 12.1 Å². The van der Waals surface area contributed by atoms with Gasteiger partial charge >= 0.3 is 0 Å². The monoisotopic (exact) mass is 391 g/mol. The van der Waals surface area contributed by atoms with Crippen LogP contribution in [0.1, 0.15) is 66.1 Å². The van der Waals surface area contributed by atoms with Crippen LogP contribution < -0.4 is 10.1 Å². The van der Waals surface area contributed by atoms with E-state index in [1.807, 2.05) is 19.9 Å². The molecule has 1 unspecified atom stereocenters. The number of carbonyl (C=O) groups is 1. The van der Waals surface area contributed by atoms with Crippen molar-refractivity contribution in [2.75, 3.05) is 0 Å². The lowest BCUT2D eigenvalue weighted by atomic mass is 9.87. The highest BCUT2D eigenvalue weighted by Crippen LogP contribution is 2.29. The van der Waals surface area contributed by atoms with Crippen molar-refractivity contribution in [2.24, 2.45) is 0 Å². The third-order valence-electron chi connectivity index (χ3n) is 5.21. The molecule has 0 saturated heterocycles. The molecule has 7 heteroatoms. The fraction of sp³-hybridized carbons (Fsp3) is 0.364. The third kappa shape index (κ3) is 4.29. The van der Waals surface area contributed by atoms with Crippen LogP contribution >= 0.6 is 0 Å². The van der Waals surface area contributed by atoms with Crippen LogP contribution in [0.5, 0.6) is 5.75 Å². The van der Waals surface area contributed by atoms with Crippen molar-refractivity contribution >= 4 is 5.91 Å². The van der Waals surface area contributed by atoms with Crippen molar-refractivity contribution < 1.29 is 9.53 Å². The molecule has 1 aromatic heterocycles. The minimum atomic E-state index is -0.0676. The number of aryl methyl sites for hydroxylation is 1. The molecule has 1 atom stereocenters. The molecule has 0 bridgehead atoms. The Hall–Kier alpha value is -3.22. The number of tetrazole rings is 1. The van der Waals surface area contributed by atoms with Crippen LogP contribution in [0.15, 0.2) is 48.5 Å². The number of rotatable bonds is 6. The summed E-state index contributed by atoms with van der Waals surface area (Å²) in [6, 6.07) is 15.7. The van der Waals surface area contributed by atoms with Gasteiger partial charge in [0, 0.05) is 5.56 Å². The zero-order valence-electron chi connectivity index (χ0n) is 16.7. The van der Waals surface area contributed by atoms with E-state index in [4.69, 9.17) is 4.74 Å². The zero-order valence-corrected chi connectivity index (χ0v) is 16.7. The fourth-order valence-corrected chi connectivity index (χ4v) is 3.70. The number of nitrogens with one attached hydrogen (secondary N) is 1. The van der Waals surface area contributed by atoms with E-state index in [9.17, 15) is 4.79 Å². The van der Waals surface area contributed by atoms with Gasteiger partial charge in [-0.2, -0.15) is 0 Å². The smallest absolute Gasteiger partial charge is 0.251 e. The van der Waals surface area contributed by atoms with Crippen molar-refractivity contribution in [3.8, 4) is 5.75 Å². The second kappa shape index (κ2) is 8.43. The predicted molar refractivity (Wildman–Crippen MR) is 109 cm³/mol. The summed E-state index contributed by atoms with van der Waals surface area (Å²) in [5.41, 5.74) is 3.18. The number of ether oxygens (including phenoxy) is 1. The molecule has 1 N–H and O–H groups in total. The summed E-state index contributed by atoms with van der Waals surface area (Å²) in [6.07, 6.45) is 3.13. The molecule has 4 rings (SSSR count). The molecule has 150 valence electrons. The second-order valence-corrected chi connectivity index (χ2v) is 7.56. The lowest BCUT2D eigenvalue weighted by Gasteiger charge is -2.26. The summed E-state index contributed by atoms with van der Waals surface area (Å²) < 4.78 is 7.50. The molecule has 1 aliphatic carbocycles. The molecule has 2 aromatic carbocycles. The Kier molecular flexibility index (Phi) is 5.55. The molecule has 0 spiro atoms. The van der Waals surface area contributed by atoms with E-state index in [1.54, 1.807) is 28.9 Å². The van der Waals surface area contributed by atoms with Gasteiger partial charge < -0.3 is 10.1 Å². The maximum atomic E-state index is 12.7. The summed E-state index contributed by atoms with van der Waals surface area (Å²) in [5, 5.41) is 14.8. The van der Waals surface area contributed by atoms with Gasteiger partial charge in [0.1, 0.15) is 12.4 Å². The standard InChI is InChI=1S/C22H25N5O2/c1-15(2)27-21(24-25-26-27)14-29-18-12-10-17(11-13-18)22(28)23-20-9-5-7-16-6-3-4-8-19(16)20/h3-4,6,8,10-13,15,20H,5,7,9,14H2,1-2H3,(H,23,28). The maximum Gasteiger partial charge on any atom is 0.251 e. The minimum absolute atomic E-state index is 0.0676. The van der Waals surface area contributed by atoms with Crippen LogP contribution in [0, 0.1) is 0 Å². The van der Waals surface area contributed by atoms with Gasteiger partial charge in [-0.3, -0.25) is 4.79 Å². The molecule has 3 aromatic rings. The van der Waals surface area contributed by atoms with Gasteiger partial charge in [0.2, 0.25) is 0 Å². The molecule has 0 saturated carbocycles. The van der Waals surface area contributed by atoms with Crippen LogP contribution in [0.3, 0.4) is 0 Å². The minimum Gasteiger partial charge on any atom is -0.486 e. The van der Waals surface area contributed by atoms with Crippen molar-refractivity contribution in [3.05, 3.63) is 71.0 Å². The summed E-state index contributed by atoms with van der Waals surface area (Å²) in [5.74, 6) is 1.27. The van der Waals surface area contributed by atoms with Crippen LogP contribution in [0.4, 0.5) is 0 Å². The first-order valence-corrected chi connectivity index (χ1v) is 10.00. The lowest BCUT2D eigenvalue weighted by Crippen LogP contribution is -2.30. The molecular weight excluding hydrogens is 366 g/mol. The van der Waals surface area contributed by atoms with Crippen LogP contribution in [-0.2, 0) is 13.0 Å². The van der Waals surface area contributed by atoms with E-state index in [0.717, 1.165) is 19.3 Å². The Labute approximate surface area is 170 Å². The number of hydrogen-bond donors (Lipinski definition) is 1. The SMILES string of the molecule is CC(C)n1nnnc1COc1ccc(C(=O)NC2CCCc3ccccc32)cc1. The van der Waals surface area contributed by atoms with Crippen molar-refractivity contribution in [1.29, 1.82) is 0 Å². The number of hydrogen-bond acceptors (Lipinski definition) is 5. The molecule has 0 radical (unpaired) electrons. The van der Waals surface area contributed by atoms with E-state index in [1.165, 1.54) is 11.1 Å². The van der Waals surface area contributed by atoms with Gasteiger partial charge in [-0.15, -0.1) is 5.10 Å².